The van der Waals surface area contributed by atoms with Crippen molar-refractivity contribution in [1.82, 2.24) is 16.0 Å². The Morgan fingerprint density at radius 1 is 0.833 bits per heavy atom. The van der Waals surface area contributed by atoms with E-state index in [-0.39, 0.29) is 0 Å². The minimum absolute atomic E-state index is 0.715. The zero-order chi connectivity index (χ0) is 9.40. The molecule has 74 valence electrons. The first-order chi connectivity index (χ1) is 5.76. The second kappa shape index (κ2) is 7.53. The molecule has 3 heteroatoms. The summed E-state index contributed by atoms with van der Waals surface area (Å²) in [5.74, 6) is 1.43. The molecule has 3 N–H and O–H groups in total. The smallest absolute Gasteiger partial charge is 0.000835 e. The van der Waals surface area contributed by atoms with Gasteiger partial charge in [-0.2, -0.15) is 0 Å². The lowest BCUT2D eigenvalue weighted by Crippen LogP contribution is -2.36. The number of hydrogen-bond donors (Lipinski definition) is 3. The van der Waals surface area contributed by atoms with Crippen LogP contribution in [0.3, 0.4) is 0 Å². The highest BCUT2D eigenvalue weighted by Crippen LogP contribution is 2.08. The zero-order valence-corrected chi connectivity index (χ0v) is 8.78. The van der Waals surface area contributed by atoms with Crippen LogP contribution in [0.2, 0.25) is 0 Å². The van der Waals surface area contributed by atoms with Gasteiger partial charge in [0.25, 0.3) is 0 Å². The van der Waals surface area contributed by atoms with E-state index >= 15 is 0 Å². The molecular weight excluding hydrogens is 150 g/mol. The second-order valence-electron chi connectivity index (χ2n) is 3.41. The first-order valence-corrected chi connectivity index (χ1v) is 4.70. The summed E-state index contributed by atoms with van der Waals surface area (Å²) in [6.07, 6.45) is 0. The lowest BCUT2D eigenvalue weighted by atomic mass is 9.94. The molecule has 0 heterocycles. The van der Waals surface area contributed by atoms with Crippen LogP contribution < -0.4 is 16.0 Å². The van der Waals surface area contributed by atoms with Crippen molar-refractivity contribution >= 4 is 0 Å². The van der Waals surface area contributed by atoms with Crippen LogP contribution >= 0.6 is 0 Å². The van der Waals surface area contributed by atoms with Crippen molar-refractivity contribution in [3.63, 3.8) is 0 Å². The third-order valence-electron chi connectivity index (χ3n) is 2.26. The van der Waals surface area contributed by atoms with Crippen molar-refractivity contribution in [1.29, 1.82) is 0 Å². The molecule has 0 bridgehead atoms. The van der Waals surface area contributed by atoms with E-state index in [0.717, 1.165) is 25.6 Å². The summed E-state index contributed by atoms with van der Waals surface area (Å²) < 4.78 is 0. The Morgan fingerprint density at radius 3 is 1.58 bits per heavy atom. The van der Waals surface area contributed by atoms with Gasteiger partial charge in [-0.15, -0.1) is 0 Å². The molecule has 0 rings (SSSR count). The predicted octanol–water partition coefficient (Wildman–Crippen LogP) is -0.103. The Labute approximate surface area is 76.3 Å². The highest BCUT2D eigenvalue weighted by molar-refractivity contribution is 4.71. The van der Waals surface area contributed by atoms with Crippen molar-refractivity contribution in [2.45, 2.75) is 6.92 Å². The van der Waals surface area contributed by atoms with Gasteiger partial charge in [0.2, 0.25) is 0 Å². The lowest BCUT2D eigenvalue weighted by molar-refractivity contribution is 0.332. The van der Waals surface area contributed by atoms with Gasteiger partial charge in [0.15, 0.2) is 0 Å². The van der Waals surface area contributed by atoms with Gasteiger partial charge in [0.1, 0.15) is 0 Å². The van der Waals surface area contributed by atoms with E-state index in [0.29, 0.717) is 5.92 Å². The molecule has 1 unspecified atom stereocenters. The Bertz CT molecular complexity index is 89.8. The summed E-state index contributed by atoms with van der Waals surface area (Å²) in [5.41, 5.74) is 0. The van der Waals surface area contributed by atoms with E-state index < -0.39 is 0 Å². The highest BCUT2D eigenvalue weighted by atomic mass is 14.9. The number of rotatable bonds is 7. The summed E-state index contributed by atoms with van der Waals surface area (Å²) in [6.45, 7) is 5.55. The van der Waals surface area contributed by atoms with E-state index in [2.05, 4.69) is 22.9 Å². The van der Waals surface area contributed by atoms with E-state index in [4.69, 9.17) is 0 Å². The molecule has 0 aliphatic carbocycles. The third-order valence-corrected chi connectivity index (χ3v) is 2.26. The van der Waals surface area contributed by atoms with Crippen LogP contribution in [0.5, 0.6) is 0 Å². The van der Waals surface area contributed by atoms with Gasteiger partial charge in [-0.05, 0) is 52.6 Å². The molecule has 0 amide bonds. The molecule has 0 spiro atoms. The molecule has 0 aliphatic rings. The Hall–Kier alpha value is -0.120. The van der Waals surface area contributed by atoms with Gasteiger partial charge in [-0.1, -0.05) is 6.92 Å². The summed E-state index contributed by atoms with van der Waals surface area (Å²) in [4.78, 5) is 0. The quantitative estimate of drug-likeness (QED) is 0.503. The van der Waals surface area contributed by atoms with Gasteiger partial charge in [-0.25, -0.2) is 0 Å². The molecule has 0 saturated heterocycles. The van der Waals surface area contributed by atoms with Crippen molar-refractivity contribution in [2.24, 2.45) is 11.8 Å². The second-order valence-corrected chi connectivity index (χ2v) is 3.41. The number of hydrogen-bond acceptors (Lipinski definition) is 3. The fraction of sp³-hybridized carbons (Fsp3) is 1.00. The monoisotopic (exact) mass is 173 g/mol. The highest BCUT2D eigenvalue weighted by Gasteiger charge is 2.14. The van der Waals surface area contributed by atoms with E-state index in [9.17, 15) is 0 Å². The van der Waals surface area contributed by atoms with Crippen LogP contribution in [-0.4, -0.2) is 40.8 Å². The first kappa shape index (κ1) is 11.9. The lowest BCUT2D eigenvalue weighted by Gasteiger charge is -2.23. The summed E-state index contributed by atoms with van der Waals surface area (Å²) >= 11 is 0. The van der Waals surface area contributed by atoms with E-state index in [1.165, 1.54) is 0 Å². The standard InChI is InChI=1S/C9H23N3/c1-8(5-10-2)9(6-11-3)7-12-4/h8-12H,5-7H2,1-4H3. The van der Waals surface area contributed by atoms with Crippen LogP contribution in [0.15, 0.2) is 0 Å². The topological polar surface area (TPSA) is 36.1 Å². The average molecular weight is 173 g/mol. The molecule has 3 nitrogen and oxygen atoms in total. The molecule has 12 heavy (non-hydrogen) atoms. The van der Waals surface area contributed by atoms with E-state index in [1.807, 2.05) is 21.1 Å². The molecule has 0 aromatic carbocycles. The maximum Gasteiger partial charge on any atom is -0.000835 e. The minimum Gasteiger partial charge on any atom is -0.319 e. The van der Waals surface area contributed by atoms with Crippen LogP contribution in [-0.2, 0) is 0 Å². The Kier molecular flexibility index (Phi) is 7.45. The van der Waals surface area contributed by atoms with Gasteiger partial charge in [0, 0.05) is 0 Å². The third kappa shape index (κ3) is 4.70. The van der Waals surface area contributed by atoms with Crippen LogP contribution in [0.25, 0.3) is 0 Å². The largest absolute Gasteiger partial charge is 0.319 e. The normalized spacial score (nSPS) is 13.8. The zero-order valence-electron chi connectivity index (χ0n) is 8.78. The van der Waals surface area contributed by atoms with Crippen molar-refractivity contribution in [3.05, 3.63) is 0 Å². The Balaban J connectivity index is 3.72. The Morgan fingerprint density at radius 2 is 1.25 bits per heavy atom. The molecular formula is C9H23N3. The molecule has 0 aliphatic heterocycles. The maximum absolute atomic E-state index is 3.22. The molecule has 0 fully saturated rings. The van der Waals surface area contributed by atoms with Crippen LogP contribution in [0.1, 0.15) is 6.92 Å². The summed E-state index contributed by atoms with van der Waals surface area (Å²) in [7, 11) is 6.02. The first-order valence-electron chi connectivity index (χ1n) is 4.70. The molecule has 1 atom stereocenters. The maximum atomic E-state index is 3.22. The van der Waals surface area contributed by atoms with Crippen LogP contribution in [0.4, 0.5) is 0 Å². The average Bonchev–Trinajstić information content (AvgIpc) is 2.04. The summed E-state index contributed by atoms with van der Waals surface area (Å²) in [5, 5.41) is 9.66. The molecule has 0 saturated carbocycles. The minimum atomic E-state index is 0.715. The van der Waals surface area contributed by atoms with Gasteiger partial charge in [-0.3, -0.25) is 0 Å². The van der Waals surface area contributed by atoms with Gasteiger partial charge >= 0.3 is 0 Å². The SMILES string of the molecule is CNCC(C)C(CNC)CNC. The van der Waals surface area contributed by atoms with Gasteiger partial charge in [0.05, 0.1) is 0 Å². The fourth-order valence-corrected chi connectivity index (χ4v) is 1.49. The van der Waals surface area contributed by atoms with Crippen molar-refractivity contribution in [2.75, 3.05) is 40.8 Å². The predicted molar refractivity (Wildman–Crippen MR) is 54.4 cm³/mol. The van der Waals surface area contributed by atoms with E-state index in [1.54, 1.807) is 0 Å². The van der Waals surface area contributed by atoms with Crippen molar-refractivity contribution in [3.8, 4) is 0 Å². The van der Waals surface area contributed by atoms with Crippen LogP contribution in [0, 0.1) is 11.8 Å². The summed E-state index contributed by atoms with van der Waals surface area (Å²) in [6, 6.07) is 0. The van der Waals surface area contributed by atoms with Crippen molar-refractivity contribution < 1.29 is 0 Å². The molecule has 0 radical (unpaired) electrons. The molecule has 0 aromatic heterocycles. The molecule has 0 aromatic rings. The van der Waals surface area contributed by atoms with Gasteiger partial charge < -0.3 is 16.0 Å². The number of nitrogens with one attached hydrogen (secondary N) is 3. The fourth-order valence-electron chi connectivity index (χ4n) is 1.49.